The molecule has 2 amide bonds. The number of aryl methyl sites for hydroxylation is 1. The highest BCUT2D eigenvalue weighted by molar-refractivity contribution is 7.99. The summed E-state index contributed by atoms with van der Waals surface area (Å²) in [5.74, 6) is -1.24. The maximum Gasteiger partial charge on any atom is 0.270 e. The molecular weight excluding hydrogens is 527 g/mol. The summed E-state index contributed by atoms with van der Waals surface area (Å²) in [6.45, 7) is 1.78. The van der Waals surface area contributed by atoms with Gasteiger partial charge in [-0.1, -0.05) is 12.8 Å². The van der Waals surface area contributed by atoms with Crippen LogP contribution in [-0.4, -0.2) is 59.9 Å². The highest BCUT2D eigenvalue weighted by atomic mass is 32.2. The molecule has 14 heteroatoms. The predicted octanol–water partition coefficient (Wildman–Crippen LogP) is 4.19. The number of tetrazole rings is 1. The van der Waals surface area contributed by atoms with Gasteiger partial charge in [0.15, 0.2) is 11.6 Å². The fraction of sp³-hybridized carbons (Fsp3) is 0.440. The summed E-state index contributed by atoms with van der Waals surface area (Å²) in [5.41, 5.74) is 0.479. The zero-order valence-electron chi connectivity index (χ0n) is 21.1. The first kappa shape index (κ1) is 26.7. The fourth-order valence-corrected chi connectivity index (χ4v) is 5.86. The van der Waals surface area contributed by atoms with Crippen LogP contribution in [0.1, 0.15) is 66.8 Å². The number of hydrogen-bond donors (Lipinski definition) is 1. The molecule has 39 heavy (non-hydrogen) atoms. The molecule has 5 rings (SSSR count). The fourth-order valence-electron chi connectivity index (χ4n) is 4.96. The molecule has 1 N–H and O–H groups in total. The van der Waals surface area contributed by atoms with Gasteiger partial charge in [-0.3, -0.25) is 19.7 Å². The van der Waals surface area contributed by atoms with Crippen molar-refractivity contribution >= 4 is 35.1 Å². The van der Waals surface area contributed by atoms with Gasteiger partial charge in [-0.05, 0) is 71.5 Å². The lowest BCUT2D eigenvalue weighted by Crippen LogP contribution is -2.26. The van der Waals surface area contributed by atoms with Crippen molar-refractivity contribution in [1.29, 1.82) is 0 Å². The first-order valence-corrected chi connectivity index (χ1v) is 13.7. The molecule has 1 aromatic carbocycles. The summed E-state index contributed by atoms with van der Waals surface area (Å²) >= 11 is 1.06. The van der Waals surface area contributed by atoms with Gasteiger partial charge in [0.05, 0.1) is 10.5 Å². The quantitative estimate of drug-likeness (QED) is 0.287. The second-order valence-electron chi connectivity index (χ2n) is 9.60. The maximum atomic E-state index is 14.9. The molecule has 1 aliphatic heterocycles. The number of anilines is 1. The molecule has 2 aromatic heterocycles. The van der Waals surface area contributed by atoms with Crippen LogP contribution in [0.2, 0.25) is 0 Å². The lowest BCUT2D eigenvalue weighted by Gasteiger charge is -2.15. The number of nitrogens with zero attached hydrogens (tertiary/aromatic N) is 7. The number of nitrogens with one attached hydrogen (secondary N) is 1. The van der Waals surface area contributed by atoms with Crippen molar-refractivity contribution in [3.05, 3.63) is 57.5 Å². The number of nitro benzene ring substituents is 1. The molecule has 12 nitrogen and oxygen atoms in total. The van der Waals surface area contributed by atoms with Crippen LogP contribution in [-0.2, 0) is 11.3 Å². The number of carbonyl (C=O) groups excluding carboxylic acids is 2. The molecule has 0 atom stereocenters. The van der Waals surface area contributed by atoms with Crippen LogP contribution in [0.4, 0.5) is 15.9 Å². The normalized spacial score (nSPS) is 15.7. The Morgan fingerprint density at radius 2 is 2.03 bits per heavy atom. The van der Waals surface area contributed by atoms with E-state index in [1.807, 2.05) is 4.90 Å². The molecule has 1 saturated heterocycles. The number of aromatic nitrogens is 5. The largest absolute Gasteiger partial charge is 0.343 e. The molecule has 1 saturated carbocycles. The molecular formula is C25H27FN8O4S. The monoisotopic (exact) mass is 554 g/mol. The van der Waals surface area contributed by atoms with E-state index in [9.17, 15) is 24.1 Å². The zero-order valence-corrected chi connectivity index (χ0v) is 21.9. The molecule has 0 unspecified atom stereocenters. The number of halogens is 1. The van der Waals surface area contributed by atoms with Gasteiger partial charge in [-0.15, -0.1) is 5.10 Å². The molecule has 2 aliphatic rings. The Labute approximate surface area is 227 Å². The van der Waals surface area contributed by atoms with Gasteiger partial charge in [0, 0.05) is 49.3 Å². The minimum Gasteiger partial charge on any atom is -0.343 e. The second kappa shape index (κ2) is 11.8. The SMILES string of the molecule is O=C(Nc1ncc(C2CCCC2)cc1F)c1cc([N+](=O)[O-])ccc1Sc1nnnn1CCCN1CCCC1=O. The molecule has 0 radical (unpaired) electrons. The van der Waals surface area contributed by atoms with Gasteiger partial charge >= 0.3 is 0 Å². The van der Waals surface area contributed by atoms with E-state index in [1.165, 1.54) is 18.2 Å². The average molecular weight is 555 g/mol. The van der Waals surface area contributed by atoms with E-state index in [-0.39, 0.29) is 28.9 Å². The van der Waals surface area contributed by atoms with Crippen molar-refractivity contribution in [1.82, 2.24) is 30.1 Å². The number of non-ortho nitro benzene ring substituents is 1. The van der Waals surface area contributed by atoms with Crippen LogP contribution < -0.4 is 5.32 Å². The molecule has 0 bridgehead atoms. The highest BCUT2D eigenvalue weighted by Gasteiger charge is 2.24. The van der Waals surface area contributed by atoms with E-state index in [2.05, 4.69) is 25.8 Å². The summed E-state index contributed by atoms with van der Waals surface area (Å²) in [4.78, 5) is 42.2. The van der Waals surface area contributed by atoms with Gasteiger partial charge in [0.2, 0.25) is 11.1 Å². The Morgan fingerprint density at radius 1 is 1.21 bits per heavy atom. The minimum atomic E-state index is -0.743. The van der Waals surface area contributed by atoms with Crippen LogP contribution >= 0.6 is 11.8 Å². The van der Waals surface area contributed by atoms with Gasteiger partial charge in [-0.2, -0.15) is 0 Å². The van der Waals surface area contributed by atoms with E-state index in [0.29, 0.717) is 36.0 Å². The standard InChI is InChI=1S/C25H27FN8O4S/c26-20-13-17(16-5-1-2-6-16)15-27-23(20)28-24(36)19-14-18(34(37)38)8-9-21(19)39-25-29-30-31-33(25)12-4-11-32-10-3-7-22(32)35/h8-9,13-16H,1-7,10-12H2,(H,27,28,36). The van der Waals surface area contributed by atoms with Crippen molar-refractivity contribution < 1.29 is 18.9 Å². The smallest absolute Gasteiger partial charge is 0.270 e. The van der Waals surface area contributed by atoms with Crippen molar-refractivity contribution in [2.75, 3.05) is 18.4 Å². The van der Waals surface area contributed by atoms with E-state index in [1.54, 1.807) is 10.9 Å². The minimum absolute atomic E-state index is 0.0347. The summed E-state index contributed by atoms with van der Waals surface area (Å²) in [6.07, 6.45) is 7.80. The van der Waals surface area contributed by atoms with E-state index >= 15 is 0 Å². The van der Waals surface area contributed by atoms with Gasteiger partial charge in [0.25, 0.3) is 11.6 Å². The number of benzene rings is 1. The molecule has 1 aliphatic carbocycles. The third kappa shape index (κ3) is 6.21. The van der Waals surface area contributed by atoms with E-state index in [4.69, 9.17) is 0 Å². The first-order chi connectivity index (χ1) is 18.9. The zero-order chi connectivity index (χ0) is 27.4. The number of pyridine rings is 1. The molecule has 204 valence electrons. The second-order valence-corrected chi connectivity index (χ2v) is 10.6. The predicted molar refractivity (Wildman–Crippen MR) is 139 cm³/mol. The van der Waals surface area contributed by atoms with Crippen LogP contribution in [0, 0.1) is 15.9 Å². The van der Waals surface area contributed by atoms with Crippen LogP contribution in [0.5, 0.6) is 0 Å². The van der Waals surface area contributed by atoms with Crippen LogP contribution in [0.3, 0.4) is 0 Å². The Morgan fingerprint density at radius 3 is 2.74 bits per heavy atom. The third-order valence-electron chi connectivity index (χ3n) is 7.01. The Bertz CT molecular complexity index is 1390. The summed E-state index contributed by atoms with van der Waals surface area (Å²) in [6, 6.07) is 5.25. The van der Waals surface area contributed by atoms with Gasteiger partial charge in [-0.25, -0.2) is 14.1 Å². The molecule has 3 aromatic rings. The summed E-state index contributed by atoms with van der Waals surface area (Å²) < 4.78 is 16.4. The maximum absolute atomic E-state index is 14.9. The van der Waals surface area contributed by atoms with Crippen molar-refractivity contribution in [2.24, 2.45) is 0 Å². The van der Waals surface area contributed by atoms with Crippen molar-refractivity contribution in [3.63, 3.8) is 0 Å². The highest BCUT2D eigenvalue weighted by Crippen LogP contribution is 2.35. The number of nitro groups is 1. The number of rotatable bonds is 10. The van der Waals surface area contributed by atoms with Crippen LogP contribution in [0.15, 0.2) is 40.5 Å². The lowest BCUT2D eigenvalue weighted by atomic mass is 9.99. The summed E-state index contributed by atoms with van der Waals surface area (Å²) in [5, 5.41) is 26.0. The van der Waals surface area contributed by atoms with E-state index < -0.39 is 16.6 Å². The first-order valence-electron chi connectivity index (χ1n) is 12.9. The van der Waals surface area contributed by atoms with E-state index in [0.717, 1.165) is 62.0 Å². The number of carbonyl (C=O) groups is 2. The molecule has 0 spiro atoms. The van der Waals surface area contributed by atoms with Crippen LogP contribution in [0.25, 0.3) is 0 Å². The van der Waals surface area contributed by atoms with Gasteiger partial charge in [0.1, 0.15) is 0 Å². The molecule has 3 heterocycles. The number of likely N-dealkylation sites (tertiary alicyclic amines) is 1. The molecule has 2 fully saturated rings. The Kier molecular flexibility index (Phi) is 8.10. The average Bonchev–Trinajstić information content (AvgIpc) is 3.69. The Hall–Kier alpha value is -3.94. The summed E-state index contributed by atoms with van der Waals surface area (Å²) in [7, 11) is 0. The number of hydrogen-bond acceptors (Lipinski definition) is 9. The number of amides is 2. The third-order valence-corrected chi connectivity index (χ3v) is 8.06. The van der Waals surface area contributed by atoms with Crippen molar-refractivity contribution in [2.45, 2.75) is 67.5 Å². The topological polar surface area (TPSA) is 149 Å². The lowest BCUT2D eigenvalue weighted by molar-refractivity contribution is -0.384. The van der Waals surface area contributed by atoms with Crippen molar-refractivity contribution in [3.8, 4) is 0 Å². The van der Waals surface area contributed by atoms with Gasteiger partial charge < -0.3 is 10.2 Å². The Balaban J connectivity index is 1.32.